The van der Waals surface area contributed by atoms with Gasteiger partial charge >= 0.3 is 0 Å². The molecule has 0 radical (unpaired) electrons. The van der Waals surface area contributed by atoms with Crippen LogP contribution in [0.2, 0.25) is 0 Å². The molecule has 3 aliphatic carbocycles. The molecule has 350 valence electrons. The Morgan fingerprint density at radius 3 is 1.61 bits per heavy atom. The van der Waals surface area contributed by atoms with Crippen molar-refractivity contribution >= 4 is 66.8 Å². The summed E-state index contributed by atoms with van der Waals surface area (Å²) in [7, 11) is 0. The van der Waals surface area contributed by atoms with Gasteiger partial charge in [-0.1, -0.05) is 145 Å². The average molecular weight is 923 g/mol. The number of aryl methyl sites for hydroxylation is 4. The summed E-state index contributed by atoms with van der Waals surface area (Å²) in [5.74, 6) is 0. The van der Waals surface area contributed by atoms with Gasteiger partial charge in [0.25, 0.3) is 0 Å². The van der Waals surface area contributed by atoms with Crippen molar-refractivity contribution in [3.8, 4) is 11.1 Å². The summed E-state index contributed by atoms with van der Waals surface area (Å²) in [6.45, 7) is 16.3. The van der Waals surface area contributed by atoms with E-state index in [1.807, 2.05) is 0 Å². The van der Waals surface area contributed by atoms with E-state index in [4.69, 9.17) is 4.42 Å². The zero-order chi connectivity index (χ0) is 48.4. The SMILES string of the molecule is CC(C)(C)c1ccc(N(c2ccc3c(c2)CCC3)c2ccc3c(c2)[C@](C)(c2cccc4ccccc24)c2cc(N(c4ccc(C(C)(C)C)cc4)c4ccc5c(c4)CCC5)c4c(oc5ccccc54)c2-3)cc1. The van der Waals surface area contributed by atoms with Crippen LogP contribution in [-0.2, 0) is 41.9 Å². The Balaban J connectivity index is 1.11. The third-order valence-corrected chi connectivity index (χ3v) is 16.5. The highest BCUT2D eigenvalue weighted by Gasteiger charge is 2.45. The molecular weight excluding hydrogens is 861 g/mol. The third-order valence-electron chi connectivity index (χ3n) is 16.5. The first-order valence-electron chi connectivity index (χ1n) is 26.0. The van der Waals surface area contributed by atoms with Crippen LogP contribution in [0.15, 0.2) is 180 Å². The number of fused-ring (bicyclic) bond motifs is 10. The number of rotatable bonds is 7. The van der Waals surface area contributed by atoms with Crippen molar-refractivity contribution in [1.82, 2.24) is 0 Å². The van der Waals surface area contributed by atoms with E-state index in [0.717, 1.165) is 70.4 Å². The van der Waals surface area contributed by atoms with E-state index >= 15 is 0 Å². The van der Waals surface area contributed by atoms with Crippen LogP contribution in [0, 0.1) is 0 Å². The third kappa shape index (κ3) is 6.98. The van der Waals surface area contributed by atoms with Crippen LogP contribution in [0.4, 0.5) is 34.1 Å². The minimum Gasteiger partial charge on any atom is -0.455 e. The lowest BCUT2D eigenvalue weighted by Crippen LogP contribution is -2.24. The molecule has 0 amide bonds. The summed E-state index contributed by atoms with van der Waals surface area (Å²) in [5, 5.41) is 4.75. The van der Waals surface area contributed by atoms with Crippen molar-refractivity contribution in [1.29, 1.82) is 0 Å². The fourth-order valence-electron chi connectivity index (χ4n) is 12.6. The molecule has 9 aromatic carbocycles. The van der Waals surface area contributed by atoms with Crippen molar-refractivity contribution in [3.05, 3.63) is 226 Å². The number of furan rings is 1. The molecule has 0 saturated carbocycles. The second kappa shape index (κ2) is 16.1. The predicted molar refractivity (Wildman–Crippen MR) is 299 cm³/mol. The topological polar surface area (TPSA) is 19.6 Å². The van der Waals surface area contributed by atoms with Crippen LogP contribution in [0.5, 0.6) is 0 Å². The number of nitrogens with zero attached hydrogens (tertiary/aromatic N) is 2. The van der Waals surface area contributed by atoms with Gasteiger partial charge in [-0.3, -0.25) is 0 Å². The predicted octanol–water partition coefficient (Wildman–Crippen LogP) is 18.6. The molecule has 3 nitrogen and oxygen atoms in total. The molecule has 3 aliphatic rings. The van der Waals surface area contributed by atoms with Crippen molar-refractivity contribution in [3.63, 3.8) is 0 Å². The van der Waals surface area contributed by atoms with Crippen molar-refractivity contribution < 1.29 is 4.42 Å². The van der Waals surface area contributed by atoms with Gasteiger partial charge in [0.15, 0.2) is 0 Å². The van der Waals surface area contributed by atoms with Gasteiger partial charge in [-0.25, -0.2) is 0 Å². The molecule has 13 rings (SSSR count). The lowest BCUT2D eigenvalue weighted by Gasteiger charge is -2.33. The van der Waals surface area contributed by atoms with Crippen LogP contribution >= 0.6 is 0 Å². The van der Waals surface area contributed by atoms with Gasteiger partial charge in [0, 0.05) is 44.8 Å². The van der Waals surface area contributed by atoms with Gasteiger partial charge < -0.3 is 14.2 Å². The lowest BCUT2D eigenvalue weighted by molar-refractivity contribution is 0.590. The largest absolute Gasteiger partial charge is 0.455 e. The average Bonchev–Trinajstić information content (AvgIpc) is 4.19. The molecule has 3 heteroatoms. The van der Waals surface area contributed by atoms with Crippen molar-refractivity contribution in [2.45, 2.75) is 103 Å². The molecule has 0 bridgehead atoms. The van der Waals surface area contributed by atoms with Crippen molar-refractivity contribution in [2.24, 2.45) is 0 Å². The van der Waals surface area contributed by atoms with Gasteiger partial charge in [-0.2, -0.15) is 0 Å². The molecule has 0 spiro atoms. The highest BCUT2D eigenvalue weighted by Crippen LogP contribution is 2.60. The molecule has 1 aromatic heterocycles. The summed E-state index contributed by atoms with van der Waals surface area (Å²) in [6.07, 6.45) is 6.93. The summed E-state index contributed by atoms with van der Waals surface area (Å²) in [5.41, 5.74) is 22.9. The number of anilines is 6. The first-order chi connectivity index (χ1) is 34.3. The Labute approximate surface area is 419 Å². The molecule has 71 heavy (non-hydrogen) atoms. The highest BCUT2D eigenvalue weighted by atomic mass is 16.3. The van der Waals surface area contributed by atoms with E-state index in [0.29, 0.717) is 0 Å². The molecule has 0 aliphatic heterocycles. The fraction of sp³-hybridized carbons (Fsp3) is 0.235. The van der Waals surface area contributed by atoms with Crippen LogP contribution in [-0.4, -0.2) is 0 Å². The maximum atomic E-state index is 7.33. The normalized spacial score (nSPS) is 16.1. The smallest absolute Gasteiger partial charge is 0.145 e. The molecular formula is C68H62N2O. The van der Waals surface area contributed by atoms with E-state index in [-0.39, 0.29) is 10.8 Å². The number of para-hydroxylation sites is 1. The van der Waals surface area contributed by atoms with Gasteiger partial charge in [0.05, 0.1) is 11.1 Å². The van der Waals surface area contributed by atoms with Crippen molar-refractivity contribution in [2.75, 3.05) is 9.80 Å². The van der Waals surface area contributed by atoms with Crippen LogP contribution in [0.3, 0.4) is 0 Å². The molecule has 0 N–H and O–H groups in total. The van der Waals surface area contributed by atoms with E-state index < -0.39 is 5.41 Å². The van der Waals surface area contributed by atoms with Crippen LogP contribution in [0.25, 0.3) is 43.8 Å². The monoisotopic (exact) mass is 922 g/mol. The fourth-order valence-corrected chi connectivity index (χ4v) is 12.6. The quantitative estimate of drug-likeness (QED) is 0.159. The molecule has 0 saturated heterocycles. The molecule has 1 heterocycles. The van der Waals surface area contributed by atoms with Crippen LogP contribution in [0.1, 0.15) is 111 Å². The summed E-state index contributed by atoms with van der Waals surface area (Å²) < 4.78 is 7.33. The van der Waals surface area contributed by atoms with Gasteiger partial charge in [-0.15, -0.1) is 0 Å². The van der Waals surface area contributed by atoms with E-state index in [2.05, 4.69) is 234 Å². The van der Waals surface area contributed by atoms with Gasteiger partial charge in [-0.05, 0) is 195 Å². The Kier molecular flexibility index (Phi) is 9.89. The number of hydrogen-bond donors (Lipinski definition) is 0. The maximum Gasteiger partial charge on any atom is 0.145 e. The highest BCUT2D eigenvalue weighted by molar-refractivity contribution is 6.19. The molecule has 10 aromatic rings. The zero-order valence-electron chi connectivity index (χ0n) is 42.3. The minimum absolute atomic E-state index is 0.0232. The molecule has 0 fully saturated rings. The second-order valence-corrected chi connectivity index (χ2v) is 22.9. The minimum atomic E-state index is -0.594. The van der Waals surface area contributed by atoms with E-state index in [1.54, 1.807) is 0 Å². The Hall–Kier alpha value is -7.36. The number of benzene rings is 9. The first kappa shape index (κ1) is 43.6. The van der Waals surface area contributed by atoms with Crippen LogP contribution < -0.4 is 9.80 Å². The Morgan fingerprint density at radius 1 is 0.437 bits per heavy atom. The zero-order valence-corrected chi connectivity index (χ0v) is 42.3. The van der Waals surface area contributed by atoms with Gasteiger partial charge in [0.1, 0.15) is 11.2 Å². The lowest BCUT2D eigenvalue weighted by atomic mass is 9.72. The van der Waals surface area contributed by atoms with E-state index in [1.165, 1.54) is 96.2 Å². The standard InChI is InChI=1S/C68H62N2O/c1-66(2,3)48-27-33-50(34-28-48)69(52-31-25-43-16-12-19-46(43)39-52)54-37-38-56-59(41-54)68(7,58-23-14-18-45-15-8-9-21-55(45)58)60-42-61(64-57-22-10-11-24-62(57)71-65(64)63(56)60)70(51-35-29-49(30-36-51)67(4,5)6)53-32-26-44-17-13-20-47(44)40-53/h8-11,14-15,18,21-42H,12-13,16-17,19-20H2,1-7H3/t68-/m0/s1. The number of hydrogen-bond acceptors (Lipinski definition) is 3. The van der Waals surface area contributed by atoms with Gasteiger partial charge in [0.2, 0.25) is 0 Å². The summed E-state index contributed by atoms with van der Waals surface area (Å²) >= 11 is 0. The summed E-state index contributed by atoms with van der Waals surface area (Å²) in [6, 6.07) is 67.3. The summed E-state index contributed by atoms with van der Waals surface area (Å²) in [4.78, 5) is 5.03. The molecule has 1 atom stereocenters. The van der Waals surface area contributed by atoms with E-state index in [9.17, 15) is 0 Å². The molecule has 0 unspecified atom stereocenters. The second-order valence-electron chi connectivity index (χ2n) is 22.9. The Bertz CT molecular complexity index is 3740. The Morgan fingerprint density at radius 2 is 0.958 bits per heavy atom. The maximum absolute atomic E-state index is 7.33. The first-order valence-corrected chi connectivity index (χ1v) is 26.0.